The summed E-state index contributed by atoms with van der Waals surface area (Å²) in [5.41, 5.74) is 5.80. The van der Waals surface area contributed by atoms with Gasteiger partial charge in [-0.3, -0.25) is 4.72 Å². The molecule has 0 bridgehead atoms. The zero-order valence-electron chi connectivity index (χ0n) is 11.2. The maximum absolute atomic E-state index is 14.1. The normalized spacial score (nSPS) is 11.4. The van der Waals surface area contributed by atoms with Crippen LogP contribution < -0.4 is 10.5 Å². The first-order valence-corrected chi connectivity index (χ1v) is 7.60. The molecule has 0 fully saturated rings. The highest BCUT2D eigenvalue weighted by Gasteiger charge is 2.23. The first kappa shape index (κ1) is 15.4. The highest BCUT2D eigenvalue weighted by Crippen LogP contribution is 2.24. The Labute approximate surface area is 121 Å². The molecule has 0 unspecified atom stereocenters. The average molecular weight is 312 g/mol. The maximum atomic E-state index is 14.1. The third-order valence-corrected chi connectivity index (χ3v) is 4.42. The van der Waals surface area contributed by atoms with Crippen LogP contribution in [-0.4, -0.2) is 8.42 Å². The fraction of sp³-hybridized carbons (Fsp3) is 0.143. The number of hydrogen-bond donors (Lipinski definition) is 2. The van der Waals surface area contributed by atoms with Crippen molar-refractivity contribution in [1.29, 1.82) is 0 Å². The third kappa shape index (κ3) is 3.03. The average Bonchev–Trinajstić information content (AvgIpc) is 2.41. The molecule has 7 heteroatoms. The minimum Gasteiger partial charge on any atom is -0.326 e. The van der Waals surface area contributed by atoms with Gasteiger partial charge in [0.05, 0.1) is 5.69 Å². The molecule has 0 saturated heterocycles. The van der Waals surface area contributed by atoms with Gasteiger partial charge in [-0.15, -0.1) is 0 Å². The zero-order chi connectivity index (χ0) is 15.6. The second kappa shape index (κ2) is 5.79. The second-order valence-corrected chi connectivity index (χ2v) is 6.11. The molecule has 2 aromatic carbocycles. The van der Waals surface area contributed by atoms with E-state index in [1.807, 2.05) is 0 Å². The Morgan fingerprint density at radius 1 is 1.14 bits per heavy atom. The number of halogens is 2. The Morgan fingerprint density at radius 2 is 1.81 bits per heavy atom. The number of para-hydroxylation sites is 1. The lowest BCUT2D eigenvalue weighted by Crippen LogP contribution is -2.17. The van der Waals surface area contributed by atoms with Gasteiger partial charge in [0.25, 0.3) is 10.0 Å². The first-order chi connectivity index (χ1) is 9.86. The molecule has 112 valence electrons. The molecule has 0 aliphatic carbocycles. The molecule has 0 radical (unpaired) electrons. The molecule has 0 aromatic heterocycles. The number of anilines is 1. The van der Waals surface area contributed by atoms with Gasteiger partial charge in [-0.05, 0) is 30.7 Å². The molecular weight excluding hydrogens is 298 g/mol. The molecule has 0 saturated carbocycles. The number of nitrogens with one attached hydrogen (secondary N) is 1. The molecule has 0 aliphatic heterocycles. The number of hydrogen-bond acceptors (Lipinski definition) is 3. The molecule has 2 aromatic rings. The molecule has 4 nitrogen and oxygen atoms in total. The summed E-state index contributed by atoms with van der Waals surface area (Å²) in [5, 5.41) is 0. The van der Waals surface area contributed by atoms with Gasteiger partial charge in [-0.2, -0.15) is 0 Å². The standard InChI is InChI=1S/C14H14F2N2O2S/c1-9-4-2-3-5-12(9)18-21(19,20)13-7-6-11(15)10(8-17)14(13)16/h2-7,18H,8,17H2,1H3. The SMILES string of the molecule is Cc1ccccc1NS(=O)(=O)c1ccc(F)c(CN)c1F. The van der Waals surface area contributed by atoms with E-state index in [0.717, 1.165) is 12.1 Å². The van der Waals surface area contributed by atoms with E-state index in [1.165, 1.54) is 0 Å². The molecule has 0 heterocycles. The number of rotatable bonds is 4. The van der Waals surface area contributed by atoms with Gasteiger partial charge in [0.15, 0.2) is 5.82 Å². The van der Waals surface area contributed by atoms with Gasteiger partial charge in [-0.25, -0.2) is 17.2 Å². The summed E-state index contributed by atoms with van der Waals surface area (Å²) in [6, 6.07) is 8.43. The van der Waals surface area contributed by atoms with Crippen LogP contribution in [0.15, 0.2) is 41.3 Å². The monoisotopic (exact) mass is 312 g/mol. The molecule has 0 spiro atoms. The second-order valence-electron chi connectivity index (χ2n) is 4.46. The van der Waals surface area contributed by atoms with Crippen molar-refractivity contribution in [3.8, 4) is 0 Å². The van der Waals surface area contributed by atoms with E-state index in [4.69, 9.17) is 5.73 Å². The fourth-order valence-electron chi connectivity index (χ4n) is 1.86. The van der Waals surface area contributed by atoms with Crippen LogP contribution in [0.5, 0.6) is 0 Å². The van der Waals surface area contributed by atoms with E-state index in [2.05, 4.69) is 4.72 Å². The zero-order valence-corrected chi connectivity index (χ0v) is 12.0. The Balaban J connectivity index is 2.48. The Morgan fingerprint density at radius 3 is 2.43 bits per heavy atom. The van der Waals surface area contributed by atoms with Crippen molar-refractivity contribution in [3.63, 3.8) is 0 Å². The minimum absolute atomic E-state index is 0.329. The maximum Gasteiger partial charge on any atom is 0.264 e. The van der Waals surface area contributed by atoms with Crippen LogP contribution in [0.1, 0.15) is 11.1 Å². The summed E-state index contributed by atoms with van der Waals surface area (Å²) in [4.78, 5) is -0.632. The van der Waals surface area contributed by atoms with Crippen molar-refractivity contribution in [1.82, 2.24) is 0 Å². The van der Waals surface area contributed by atoms with Crippen molar-refractivity contribution in [2.75, 3.05) is 4.72 Å². The van der Waals surface area contributed by atoms with Crippen molar-refractivity contribution in [3.05, 3.63) is 59.2 Å². The molecular formula is C14H14F2N2O2S. The summed E-state index contributed by atoms with van der Waals surface area (Å²) in [5.74, 6) is -2.04. The number of benzene rings is 2. The summed E-state index contributed by atoms with van der Waals surface area (Å²) in [6.45, 7) is 1.29. The molecule has 21 heavy (non-hydrogen) atoms. The van der Waals surface area contributed by atoms with Gasteiger partial charge >= 0.3 is 0 Å². The van der Waals surface area contributed by atoms with E-state index < -0.39 is 38.7 Å². The lowest BCUT2D eigenvalue weighted by atomic mass is 10.2. The first-order valence-electron chi connectivity index (χ1n) is 6.12. The highest BCUT2D eigenvalue weighted by atomic mass is 32.2. The summed E-state index contributed by atoms with van der Waals surface area (Å²) < 4.78 is 54.2. The lowest BCUT2D eigenvalue weighted by molar-refractivity contribution is 0.530. The van der Waals surface area contributed by atoms with E-state index >= 15 is 0 Å². The predicted molar refractivity (Wildman–Crippen MR) is 76.2 cm³/mol. The van der Waals surface area contributed by atoms with Gasteiger partial charge in [0.1, 0.15) is 10.7 Å². The van der Waals surface area contributed by atoms with Gasteiger partial charge in [-0.1, -0.05) is 18.2 Å². The quantitative estimate of drug-likeness (QED) is 0.911. The highest BCUT2D eigenvalue weighted by molar-refractivity contribution is 7.92. The largest absolute Gasteiger partial charge is 0.326 e. The van der Waals surface area contributed by atoms with E-state index in [9.17, 15) is 17.2 Å². The molecule has 0 aliphatic rings. The Hall–Kier alpha value is -1.99. The number of nitrogens with two attached hydrogens (primary N) is 1. The third-order valence-electron chi connectivity index (χ3n) is 3.03. The van der Waals surface area contributed by atoms with Crippen LogP contribution in [0.4, 0.5) is 14.5 Å². The van der Waals surface area contributed by atoms with E-state index in [1.54, 1.807) is 31.2 Å². The van der Waals surface area contributed by atoms with Crippen molar-refractivity contribution in [2.45, 2.75) is 18.4 Å². The van der Waals surface area contributed by atoms with E-state index in [0.29, 0.717) is 11.3 Å². The minimum atomic E-state index is -4.16. The topological polar surface area (TPSA) is 72.2 Å². The van der Waals surface area contributed by atoms with Crippen molar-refractivity contribution < 1.29 is 17.2 Å². The van der Waals surface area contributed by atoms with Crippen molar-refractivity contribution in [2.24, 2.45) is 5.73 Å². The van der Waals surface area contributed by atoms with Crippen molar-refractivity contribution >= 4 is 15.7 Å². The van der Waals surface area contributed by atoms with Crippen LogP contribution in [0.25, 0.3) is 0 Å². The van der Waals surface area contributed by atoms with Crippen LogP contribution in [-0.2, 0) is 16.6 Å². The predicted octanol–water partition coefficient (Wildman–Crippen LogP) is 2.53. The summed E-state index contributed by atoms with van der Waals surface area (Å²) in [6.07, 6.45) is 0. The molecule has 2 rings (SSSR count). The molecule has 3 N–H and O–H groups in total. The van der Waals surface area contributed by atoms with Gasteiger partial charge < -0.3 is 5.73 Å². The van der Waals surface area contributed by atoms with E-state index in [-0.39, 0.29) is 0 Å². The van der Waals surface area contributed by atoms with Gasteiger partial charge in [0, 0.05) is 12.1 Å². The Bertz CT molecular complexity index is 777. The summed E-state index contributed by atoms with van der Waals surface area (Å²) >= 11 is 0. The number of aryl methyl sites for hydroxylation is 1. The lowest BCUT2D eigenvalue weighted by Gasteiger charge is -2.12. The van der Waals surface area contributed by atoms with Gasteiger partial charge in [0.2, 0.25) is 0 Å². The molecule has 0 amide bonds. The van der Waals surface area contributed by atoms with Crippen LogP contribution in [0.3, 0.4) is 0 Å². The smallest absolute Gasteiger partial charge is 0.264 e. The molecule has 0 atom stereocenters. The number of sulfonamides is 1. The summed E-state index contributed by atoms with van der Waals surface area (Å²) in [7, 11) is -4.16. The fourth-order valence-corrected chi connectivity index (χ4v) is 3.09. The van der Waals surface area contributed by atoms with Crippen LogP contribution in [0, 0.1) is 18.6 Å². The van der Waals surface area contributed by atoms with Crippen LogP contribution >= 0.6 is 0 Å². The van der Waals surface area contributed by atoms with Crippen LogP contribution in [0.2, 0.25) is 0 Å². The Kier molecular flexibility index (Phi) is 4.24.